The third-order valence-corrected chi connectivity index (χ3v) is 3.38. The Bertz CT molecular complexity index is 143. The van der Waals surface area contributed by atoms with E-state index in [9.17, 15) is 0 Å². The summed E-state index contributed by atoms with van der Waals surface area (Å²) < 4.78 is 0. The first-order chi connectivity index (χ1) is 5.23. The van der Waals surface area contributed by atoms with Crippen molar-refractivity contribution in [2.24, 2.45) is 17.3 Å². The van der Waals surface area contributed by atoms with Gasteiger partial charge in [-0.1, -0.05) is 13.8 Å². The molecule has 0 bridgehead atoms. The summed E-state index contributed by atoms with van der Waals surface area (Å²) in [6.07, 6.45) is 4.52. The Morgan fingerprint density at radius 1 is 1.36 bits per heavy atom. The third-order valence-electron chi connectivity index (χ3n) is 3.38. The molecule has 11 heavy (non-hydrogen) atoms. The number of nitrogens with one attached hydrogen (secondary N) is 1. The summed E-state index contributed by atoms with van der Waals surface area (Å²) in [5.74, 6) is 2.25. The second-order valence-corrected chi connectivity index (χ2v) is 4.76. The standard InChI is InChI=1S/C10H19N/c1-3-11-7-10(2)5-8-4-9(8)6-10/h8-9,11H,3-7H2,1-2H3. The average molecular weight is 153 g/mol. The van der Waals surface area contributed by atoms with E-state index in [1.807, 2.05) is 0 Å². The predicted molar refractivity (Wildman–Crippen MR) is 47.5 cm³/mol. The lowest BCUT2D eigenvalue weighted by Gasteiger charge is -2.25. The lowest BCUT2D eigenvalue weighted by molar-refractivity contribution is 0.285. The maximum absolute atomic E-state index is 3.47. The molecule has 64 valence electrons. The van der Waals surface area contributed by atoms with E-state index in [1.165, 1.54) is 19.4 Å². The fraction of sp³-hybridized carbons (Fsp3) is 1.00. The molecule has 2 aliphatic carbocycles. The lowest BCUT2D eigenvalue weighted by atomic mass is 9.85. The normalized spacial score (nSPS) is 47.5. The summed E-state index contributed by atoms with van der Waals surface area (Å²) >= 11 is 0. The minimum absolute atomic E-state index is 0.656. The summed E-state index contributed by atoms with van der Waals surface area (Å²) in [6.45, 7) is 7.02. The third kappa shape index (κ3) is 1.44. The molecule has 0 aromatic heterocycles. The van der Waals surface area contributed by atoms with Gasteiger partial charge in [0, 0.05) is 6.54 Å². The van der Waals surface area contributed by atoms with Crippen molar-refractivity contribution in [1.29, 1.82) is 0 Å². The van der Waals surface area contributed by atoms with Crippen molar-refractivity contribution in [3.8, 4) is 0 Å². The van der Waals surface area contributed by atoms with Crippen LogP contribution < -0.4 is 5.32 Å². The molecule has 1 heteroatoms. The lowest BCUT2D eigenvalue weighted by Crippen LogP contribution is -2.30. The number of rotatable bonds is 3. The van der Waals surface area contributed by atoms with Gasteiger partial charge in [0.1, 0.15) is 0 Å². The molecule has 1 N–H and O–H groups in total. The van der Waals surface area contributed by atoms with Crippen LogP contribution in [0.4, 0.5) is 0 Å². The van der Waals surface area contributed by atoms with E-state index in [2.05, 4.69) is 19.2 Å². The molecule has 0 spiro atoms. The van der Waals surface area contributed by atoms with Crippen LogP contribution in [0.3, 0.4) is 0 Å². The molecule has 2 unspecified atom stereocenters. The summed E-state index contributed by atoms with van der Waals surface area (Å²) in [5.41, 5.74) is 0.656. The molecule has 2 atom stereocenters. The second-order valence-electron chi connectivity index (χ2n) is 4.76. The Morgan fingerprint density at radius 3 is 2.55 bits per heavy atom. The first-order valence-corrected chi connectivity index (χ1v) is 4.94. The van der Waals surface area contributed by atoms with Crippen molar-refractivity contribution in [2.75, 3.05) is 13.1 Å². The largest absolute Gasteiger partial charge is 0.316 e. The molecule has 0 aromatic rings. The average Bonchev–Trinajstić information content (AvgIpc) is 2.57. The van der Waals surface area contributed by atoms with E-state index in [0.717, 1.165) is 18.4 Å². The van der Waals surface area contributed by atoms with Crippen LogP contribution in [0.15, 0.2) is 0 Å². The molecular weight excluding hydrogens is 134 g/mol. The van der Waals surface area contributed by atoms with E-state index >= 15 is 0 Å². The summed E-state index contributed by atoms with van der Waals surface area (Å²) in [5, 5.41) is 3.47. The first kappa shape index (κ1) is 7.60. The molecule has 2 saturated carbocycles. The van der Waals surface area contributed by atoms with Crippen molar-refractivity contribution in [3.63, 3.8) is 0 Å². The van der Waals surface area contributed by atoms with E-state index in [0.29, 0.717) is 5.41 Å². The van der Waals surface area contributed by atoms with Crippen LogP contribution in [0.1, 0.15) is 33.1 Å². The van der Waals surface area contributed by atoms with E-state index in [4.69, 9.17) is 0 Å². The Kier molecular flexibility index (Phi) is 1.71. The Morgan fingerprint density at radius 2 is 2.00 bits per heavy atom. The van der Waals surface area contributed by atoms with Crippen molar-refractivity contribution in [3.05, 3.63) is 0 Å². The maximum Gasteiger partial charge on any atom is 0.000525 e. The molecule has 0 saturated heterocycles. The van der Waals surface area contributed by atoms with Gasteiger partial charge in [0.05, 0.1) is 0 Å². The molecule has 1 nitrogen and oxygen atoms in total. The summed E-state index contributed by atoms with van der Waals surface area (Å²) in [7, 11) is 0. The summed E-state index contributed by atoms with van der Waals surface area (Å²) in [6, 6.07) is 0. The Labute approximate surface area is 69.6 Å². The van der Waals surface area contributed by atoms with Gasteiger partial charge < -0.3 is 5.32 Å². The molecule has 0 aliphatic heterocycles. The number of hydrogen-bond donors (Lipinski definition) is 1. The topological polar surface area (TPSA) is 12.0 Å². The Balaban J connectivity index is 1.81. The molecule has 2 fully saturated rings. The highest BCUT2D eigenvalue weighted by Crippen LogP contribution is 2.59. The highest BCUT2D eigenvalue weighted by molar-refractivity contribution is 5.02. The molecular formula is C10H19N. The van der Waals surface area contributed by atoms with Gasteiger partial charge in [0.15, 0.2) is 0 Å². The van der Waals surface area contributed by atoms with Crippen LogP contribution in [0.5, 0.6) is 0 Å². The van der Waals surface area contributed by atoms with Gasteiger partial charge in [0.2, 0.25) is 0 Å². The monoisotopic (exact) mass is 153 g/mol. The molecule has 0 radical (unpaired) electrons. The van der Waals surface area contributed by atoms with Crippen molar-refractivity contribution in [2.45, 2.75) is 33.1 Å². The molecule has 2 rings (SSSR count). The fourth-order valence-corrected chi connectivity index (χ4v) is 2.73. The second kappa shape index (κ2) is 2.48. The van der Waals surface area contributed by atoms with Gasteiger partial charge in [-0.15, -0.1) is 0 Å². The zero-order valence-corrected chi connectivity index (χ0v) is 7.69. The number of fused-ring (bicyclic) bond motifs is 1. The van der Waals surface area contributed by atoms with Gasteiger partial charge in [-0.2, -0.15) is 0 Å². The van der Waals surface area contributed by atoms with Crippen LogP contribution in [-0.2, 0) is 0 Å². The molecule has 0 heterocycles. The van der Waals surface area contributed by atoms with Crippen LogP contribution in [-0.4, -0.2) is 13.1 Å². The predicted octanol–water partition coefficient (Wildman–Crippen LogP) is 2.03. The van der Waals surface area contributed by atoms with Crippen molar-refractivity contribution >= 4 is 0 Å². The molecule has 2 aliphatic rings. The number of hydrogen-bond acceptors (Lipinski definition) is 1. The van der Waals surface area contributed by atoms with Crippen molar-refractivity contribution < 1.29 is 0 Å². The van der Waals surface area contributed by atoms with Gasteiger partial charge in [0.25, 0.3) is 0 Å². The Hall–Kier alpha value is -0.0400. The zero-order valence-electron chi connectivity index (χ0n) is 7.69. The first-order valence-electron chi connectivity index (χ1n) is 4.94. The van der Waals surface area contributed by atoms with Crippen LogP contribution in [0.2, 0.25) is 0 Å². The quantitative estimate of drug-likeness (QED) is 0.654. The maximum atomic E-state index is 3.47. The van der Waals surface area contributed by atoms with E-state index < -0.39 is 0 Å². The minimum atomic E-state index is 0.656. The van der Waals surface area contributed by atoms with E-state index in [1.54, 1.807) is 6.42 Å². The highest BCUT2D eigenvalue weighted by Gasteiger charge is 2.50. The summed E-state index contributed by atoms with van der Waals surface area (Å²) in [4.78, 5) is 0. The van der Waals surface area contributed by atoms with Gasteiger partial charge in [-0.05, 0) is 43.1 Å². The van der Waals surface area contributed by atoms with Crippen LogP contribution in [0, 0.1) is 17.3 Å². The van der Waals surface area contributed by atoms with Crippen LogP contribution in [0.25, 0.3) is 0 Å². The molecule has 0 amide bonds. The SMILES string of the molecule is CCNCC1(C)CC2CC2C1. The fourth-order valence-electron chi connectivity index (χ4n) is 2.73. The minimum Gasteiger partial charge on any atom is -0.316 e. The van der Waals surface area contributed by atoms with Gasteiger partial charge in [-0.25, -0.2) is 0 Å². The van der Waals surface area contributed by atoms with Crippen LogP contribution >= 0.6 is 0 Å². The smallest absolute Gasteiger partial charge is 0.000525 e. The van der Waals surface area contributed by atoms with Gasteiger partial charge in [-0.3, -0.25) is 0 Å². The highest BCUT2D eigenvalue weighted by atomic mass is 14.9. The van der Waals surface area contributed by atoms with E-state index in [-0.39, 0.29) is 0 Å². The van der Waals surface area contributed by atoms with Crippen molar-refractivity contribution in [1.82, 2.24) is 5.32 Å². The zero-order chi connectivity index (χ0) is 7.90. The molecule has 0 aromatic carbocycles. The van der Waals surface area contributed by atoms with Gasteiger partial charge >= 0.3 is 0 Å².